The molecule has 156 valence electrons. The summed E-state index contributed by atoms with van der Waals surface area (Å²) in [5, 5.41) is 12.4. The molecule has 2 aromatic rings. The quantitative estimate of drug-likeness (QED) is 0.507. The highest BCUT2D eigenvalue weighted by Crippen LogP contribution is 2.34. The Bertz CT molecular complexity index is 981. The van der Waals surface area contributed by atoms with Crippen LogP contribution in [-0.2, 0) is 16.0 Å². The van der Waals surface area contributed by atoms with E-state index in [0.29, 0.717) is 6.42 Å². The van der Waals surface area contributed by atoms with E-state index in [0.717, 1.165) is 17.3 Å². The van der Waals surface area contributed by atoms with Crippen molar-refractivity contribution in [3.05, 3.63) is 76.4 Å². The zero-order chi connectivity index (χ0) is 21.7. The number of amides is 2. The molecule has 2 amide bonds. The molecule has 0 radical (unpaired) electrons. The molecule has 0 saturated carbocycles. The number of nitrogens with zero attached hydrogens (tertiary/aromatic N) is 1. The lowest BCUT2D eigenvalue weighted by molar-refractivity contribution is -0.132. The van der Waals surface area contributed by atoms with Crippen molar-refractivity contribution in [1.82, 2.24) is 10.2 Å². The topological polar surface area (TPSA) is 69.6 Å². The molecule has 1 aliphatic heterocycles. The molecule has 0 aliphatic carbocycles. The van der Waals surface area contributed by atoms with Gasteiger partial charge in [0.05, 0.1) is 17.6 Å². The van der Waals surface area contributed by atoms with Gasteiger partial charge in [-0.1, -0.05) is 72.5 Å². The maximum Gasteiger partial charge on any atom is 0.266 e. The summed E-state index contributed by atoms with van der Waals surface area (Å²) in [5.74, 6) is -1.31. The Morgan fingerprint density at radius 2 is 1.90 bits per heavy atom. The van der Waals surface area contributed by atoms with Crippen LogP contribution in [0.4, 0.5) is 4.39 Å². The fraction of sp³-hybridized carbons (Fsp3) is 0.227. The standard InChI is InChI=1S/C22H21FN2O3S2/c1-14(20(27)24-17(13-26)11-15-7-3-2-4-8-15)25-21(28)19(30-22(25)29)12-16-9-5-6-10-18(16)23/h2-10,12,14,17,26H,11,13H2,1H3,(H,24,27)/b19-12-/t14-,17+/m0/s1. The van der Waals surface area contributed by atoms with E-state index in [2.05, 4.69) is 5.32 Å². The van der Waals surface area contributed by atoms with E-state index in [1.165, 1.54) is 17.0 Å². The summed E-state index contributed by atoms with van der Waals surface area (Å²) in [7, 11) is 0. The van der Waals surface area contributed by atoms with Crippen LogP contribution in [0.3, 0.4) is 0 Å². The number of aliphatic hydroxyl groups excluding tert-OH is 1. The smallest absolute Gasteiger partial charge is 0.266 e. The van der Waals surface area contributed by atoms with Gasteiger partial charge in [0.2, 0.25) is 5.91 Å². The Morgan fingerprint density at radius 3 is 2.57 bits per heavy atom. The zero-order valence-electron chi connectivity index (χ0n) is 16.2. The second-order valence-corrected chi connectivity index (χ2v) is 8.50. The highest BCUT2D eigenvalue weighted by atomic mass is 32.2. The number of nitrogens with one attached hydrogen (secondary N) is 1. The average molecular weight is 445 g/mol. The van der Waals surface area contributed by atoms with Crippen LogP contribution >= 0.6 is 24.0 Å². The molecular formula is C22H21FN2O3S2. The molecular weight excluding hydrogens is 423 g/mol. The summed E-state index contributed by atoms with van der Waals surface area (Å²) < 4.78 is 14.1. The van der Waals surface area contributed by atoms with E-state index >= 15 is 0 Å². The molecule has 0 unspecified atom stereocenters. The van der Waals surface area contributed by atoms with Gasteiger partial charge < -0.3 is 10.4 Å². The third-order valence-corrected chi connectivity index (χ3v) is 6.00. The van der Waals surface area contributed by atoms with Gasteiger partial charge in [0.1, 0.15) is 16.2 Å². The number of benzene rings is 2. The molecule has 0 spiro atoms. The molecule has 2 aromatic carbocycles. The maximum atomic E-state index is 13.9. The van der Waals surface area contributed by atoms with Crippen LogP contribution in [0.5, 0.6) is 0 Å². The van der Waals surface area contributed by atoms with Gasteiger partial charge in [0.15, 0.2) is 0 Å². The van der Waals surface area contributed by atoms with E-state index < -0.39 is 29.7 Å². The maximum absolute atomic E-state index is 13.9. The van der Waals surface area contributed by atoms with Gasteiger partial charge >= 0.3 is 0 Å². The van der Waals surface area contributed by atoms with Crippen LogP contribution in [0.15, 0.2) is 59.5 Å². The minimum atomic E-state index is -0.867. The van der Waals surface area contributed by atoms with Gasteiger partial charge in [0.25, 0.3) is 5.91 Å². The first kappa shape index (κ1) is 22.1. The number of carbonyl (C=O) groups is 2. The van der Waals surface area contributed by atoms with Crippen molar-refractivity contribution in [2.45, 2.75) is 25.4 Å². The monoisotopic (exact) mass is 444 g/mol. The highest BCUT2D eigenvalue weighted by Gasteiger charge is 2.38. The van der Waals surface area contributed by atoms with Gasteiger partial charge in [-0.3, -0.25) is 14.5 Å². The summed E-state index contributed by atoms with van der Waals surface area (Å²) in [4.78, 5) is 27.0. The molecule has 5 nitrogen and oxygen atoms in total. The van der Waals surface area contributed by atoms with Gasteiger partial charge in [-0.05, 0) is 31.1 Å². The summed E-state index contributed by atoms with van der Waals surface area (Å²) >= 11 is 6.32. The molecule has 1 saturated heterocycles. The number of thioether (sulfide) groups is 1. The number of carbonyl (C=O) groups excluding carboxylic acids is 2. The molecule has 1 heterocycles. The SMILES string of the molecule is C[C@@H](C(=O)N[C@@H](CO)Cc1ccccc1)N1C(=O)/C(=C/c2ccccc2F)SC1=S. The van der Waals surface area contributed by atoms with Crippen LogP contribution in [-0.4, -0.2) is 44.8 Å². The van der Waals surface area contributed by atoms with Crippen molar-refractivity contribution in [2.24, 2.45) is 0 Å². The second-order valence-electron chi connectivity index (χ2n) is 6.83. The lowest BCUT2D eigenvalue weighted by Gasteiger charge is -2.25. The number of thiocarbonyl (C=S) groups is 1. The molecule has 1 aliphatic rings. The number of hydrogen-bond acceptors (Lipinski definition) is 5. The summed E-state index contributed by atoms with van der Waals surface area (Å²) in [6.45, 7) is 1.34. The highest BCUT2D eigenvalue weighted by molar-refractivity contribution is 8.26. The lowest BCUT2D eigenvalue weighted by Crippen LogP contribution is -2.51. The first-order chi connectivity index (χ1) is 14.4. The van der Waals surface area contributed by atoms with E-state index in [-0.39, 0.29) is 21.4 Å². The average Bonchev–Trinajstić information content (AvgIpc) is 3.02. The van der Waals surface area contributed by atoms with Crippen LogP contribution in [0.1, 0.15) is 18.1 Å². The van der Waals surface area contributed by atoms with E-state index in [9.17, 15) is 19.1 Å². The first-order valence-electron chi connectivity index (χ1n) is 9.37. The van der Waals surface area contributed by atoms with Gasteiger partial charge in [0, 0.05) is 5.56 Å². The van der Waals surface area contributed by atoms with E-state index in [4.69, 9.17) is 12.2 Å². The number of halogens is 1. The van der Waals surface area contributed by atoms with Crippen LogP contribution < -0.4 is 5.32 Å². The predicted molar refractivity (Wildman–Crippen MR) is 120 cm³/mol. The predicted octanol–water partition coefficient (Wildman–Crippen LogP) is 3.14. The Hall–Kier alpha value is -2.55. The molecule has 0 aromatic heterocycles. The molecule has 2 atom stereocenters. The van der Waals surface area contributed by atoms with Gasteiger partial charge in [-0.15, -0.1) is 0 Å². The molecule has 3 rings (SSSR count). The minimum absolute atomic E-state index is 0.230. The van der Waals surface area contributed by atoms with Crippen LogP contribution in [0.25, 0.3) is 6.08 Å². The largest absolute Gasteiger partial charge is 0.394 e. The van der Waals surface area contributed by atoms with Crippen molar-refractivity contribution in [3.63, 3.8) is 0 Å². The summed E-state index contributed by atoms with van der Waals surface area (Å²) in [6, 6.07) is 14.2. The van der Waals surface area contributed by atoms with Gasteiger partial charge in [-0.2, -0.15) is 0 Å². The van der Waals surface area contributed by atoms with Crippen molar-refractivity contribution in [3.8, 4) is 0 Å². The fourth-order valence-electron chi connectivity index (χ4n) is 3.05. The Labute approximate surface area is 184 Å². The normalized spacial score (nSPS) is 17.3. The Balaban J connectivity index is 1.70. The van der Waals surface area contributed by atoms with E-state index in [1.54, 1.807) is 25.1 Å². The zero-order valence-corrected chi connectivity index (χ0v) is 17.9. The Morgan fingerprint density at radius 1 is 1.23 bits per heavy atom. The fourth-order valence-corrected chi connectivity index (χ4v) is 4.46. The summed E-state index contributed by atoms with van der Waals surface area (Å²) in [6.07, 6.45) is 1.90. The van der Waals surface area contributed by atoms with E-state index in [1.807, 2.05) is 30.3 Å². The second kappa shape index (κ2) is 9.97. The molecule has 2 N–H and O–H groups in total. The van der Waals surface area contributed by atoms with Gasteiger partial charge in [-0.25, -0.2) is 4.39 Å². The van der Waals surface area contributed by atoms with Crippen LogP contribution in [0, 0.1) is 5.82 Å². The molecule has 30 heavy (non-hydrogen) atoms. The lowest BCUT2D eigenvalue weighted by atomic mass is 10.1. The summed E-state index contributed by atoms with van der Waals surface area (Å²) in [5.41, 5.74) is 1.25. The minimum Gasteiger partial charge on any atom is -0.394 e. The number of hydrogen-bond donors (Lipinski definition) is 2. The Kier molecular flexibility index (Phi) is 7.36. The third kappa shape index (κ3) is 5.13. The number of aliphatic hydroxyl groups is 1. The van der Waals surface area contributed by atoms with Crippen molar-refractivity contribution < 1.29 is 19.1 Å². The third-order valence-electron chi connectivity index (χ3n) is 4.67. The van der Waals surface area contributed by atoms with Crippen molar-refractivity contribution in [1.29, 1.82) is 0 Å². The van der Waals surface area contributed by atoms with Crippen molar-refractivity contribution in [2.75, 3.05) is 6.61 Å². The number of rotatable bonds is 7. The van der Waals surface area contributed by atoms with Crippen molar-refractivity contribution >= 4 is 46.2 Å². The molecule has 8 heteroatoms. The van der Waals surface area contributed by atoms with Crippen LogP contribution in [0.2, 0.25) is 0 Å². The molecule has 1 fully saturated rings. The molecule has 0 bridgehead atoms. The first-order valence-corrected chi connectivity index (χ1v) is 10.6.